The maximum Gasteiger partial charge on any atom is 1.00 e. The van der Waals surface area contributed by atoms with E-state index in [1.165, 1.54) is 6.07 Å². The molecule has 76 valence electrons. The third-order valence-corrected chi connectivity index (χ3v) is 1.73. The molecule has 1 aromatic carbocycles. The molecule has 0 radical (unpaired) electrons. The van der Waals surface area contributed by atoms with Crippen molar-refractivity contribution in [2.75, 3.05) is 5.73 Å². The van der Waals surface area contributed by atoms with Crippen molar-refractivity contribution in [1.82, 2.24) is 15.4 Å². The number of rotatable bonds is 1. The Morgan fingerprint density at radius 2 is 2.14 bits per heavy atom. The van der Waals surface area contributed by atoms with Crippen LogP contribution in [0, 0.1) is 0 Å². The zero-order valence-corrected chi connectivity index (χ0v) is 8.27. The number of carbonyl (C=O) groups is 1. The van der Waals surface area contributed by atoms with Gasteiger partial charge in [0.25, 0.3) is 0 Å². The fraction of sp³-hybridized carbons (Fsp3) is 0. The third kappa shape index (κ3) is 1.50. The number of aromatic nitrogens is 3. The molecular weight excluding hydrogens is 280 g/mol. The fourth-order valence-electron chi connectivity index (χ4n) is 1.15. The van der Waals surface area contributed by atoms with Gasteiger partial charge in [0.1, 0.15) is 16.6 Å². The molecular formula is C7H6AgN4O2+. The second-order valence-electron chi connectivity index (χ2n) is 2.53. The van der Waals surface area contributed by atoms with Gasteiger partial charge >= 0.3 is 28.3 Å². The third-order valence-electron chi connectivity index (χ3n) is 1.73. The van der Waals surface area contributed by atoms with Gasteiger partial charge < -0.3 is 10.8 Å². The maximum atomic E-state index is 10.8. The zero-order valence-electron chi connectivity index (χ0n) is 6.78. The van der Waals surface area contributed by atoms with E-state index in [0.717, 1.165) is 0 Å². The quantitative estimate of drug-likeness (QED) is 0.514. The molecule has 0 saturated carbocycles. The number of hydrogen-bond acceptors (Lipinski definition) is 4. The minimum atomic E-state index is -1.10. The molecule has 0 bridgehead atoms. The minimum absolute atomic E-state index is 0. The van der Waals surface area contributed by atoms with Crippen LogP contribution in [0.2, 0.25) is 0 Å². The van der Waals surface area contributed by atoms with Gasteiger partial charge in [-0.15, -0.1) is 0 Å². The van der Waals surface area contributed by atoms with Gasteiger partial charge in [0.05, 0.1) is 0 Å². The van der Waals surface area contributed by atoms with Gasteiger partial charge in [0.2, 0.25) is 0 Å². The smallest absolute Gasteiger partial charge is 0.478 e. The molecule has 4 N–H and O–H groups in total. The molecule has 0 aliphatic rings. The van der Waals surface area contributed by atoms with Crippen LogP contribution in [-0.2, 0) is 22.4 Å². The molecule has 6 nitrogen and oxygen atoms in total. The molecule has 2 rings (SSSR count). The van der Waals surface area contributed by atoms with Crippen molar-refractivity contribution in [3.05, 3.63) is 17.7 Å². The fourth-order valence-corrected chi connectivity index (χ4v) is 1.15. The van der Waals surface area contributed by atoms with E-state index < -0.39 is 5.97 Å². The van der Waals surface area contributed by atoms with E-state index in [0.29, 0.717) is 5.52 Å². The Morgan fingerprint density at radius 3 is 2.79 bits per heavy atom. The van der Waals surface area contributed by atoms with Gasteiger partial charge in [-0.05, 0) is 12.1 Å². The number of aromatic carboxylic acids is 1. The Balaban J connectivity index is 0.000000980. The molecule has 7 heteroatoms. The van der Waals surface area contributed by atoms with Crippen molar-refractivity contribution in [2.45, 2.75) is 0 Å². The van der Waals surface area contributed by atoms with Crippen LogP contribution in [0.1, 0.15) is 10.4 Å². The topological polar surface area (TPSA) is 105 Å². The van der Waals surface area contributed by atoms with E-state index in [2.05, 4.69) is 15.4 Å². The molecule has 1 heterocycles. The number of hydrogen-bond donors (Lipinski definition) is 3. The molecule has 14 heavy (non-hydrogen) atoms. The largest absolute Gasteiger partial charge is 1.00 e. The monoisotopic (exact) mass is 285 g/mol. The average Bonchev–Trinajstić information content (AvgIpc) is 2.50. The molecule has 0 amide bonds. The first-order valence-corrected chi connectivity index (χ1v) is 3.52. The van der Waals surface area contributed by atoms with Crippen molar-refractivity contribution in [3.63, 3.8) is 0 Å². The molecule has 2 aromatic rings. The van der Waals surface area contributed by atoms with Gasteiger partial charge in [-0.3, -0.25) is 0 Å². The Kier molecular flexibility index (Phi) is 2.90. The summed E-state index contributed by atoms with van der Waals surface area (Å²) in [5.74, 6) is -1.10. The van der Waals surface area contributed by atoms with Crippen molar-refractivity contribution in [3.8, 4) is 0 Å². The summed E-state index contributed by atoms with van der Waals surface area (Å²) in [4.78, 5) is 10.8. The van der Waals surface area contributed by atoms with E-state index >= 15 is 0 Å². The summed E-state index contributed by atoms with van der Waals surface area (Å²) in [5.41, 5.74) is 6.44. The molecule has 0 saturated heterocycles. The van der Waals surface area contributed by atoms with Crippen molar-refractivity contribution in [2.24, 2.45) is 0 Å². The van der Waals surface area contributed by atoms with Crippen molar-refractivity contribution >= 4 is 22.7 Å². The second-order valence-corrected chi connectivity index (χ2v) is 2.53. The Morgan fingerprint density at radius 1 is 1.43 bits per heavy atom. The predicted octanol–water partition coefficient (Wildman–Crippen LogP) is 0.236. The first-order valence-electron chi connectivity index (χ1n) is 3.52. The first-order chi connectivity index (χ1) is 6.20. The SMILES string of the molecule is Nc1ccc2n[nH]nc2c1C(=O)O.[Ag+]. The number of nitrogens with zero attached hydrogens (tertiary/aromatic N) is 2. The Hall–Kier alpha value is -1.37. The van der Waals surface area contributed by atoms with Gasteiger partial charge in [0, 0.05) is 5.69 Å². The van der Waals surface area contributed by atoms with Crippen molar-refractivity contribution < 1.29 is 32.3 Å². The van der Waals surface area contributed by atoms with Crippen LogP contribution in [0.15, 0.2) is 12.1 Å². The van der Waals surface area contributed by atoms with Crippen LogP contribution in [0.3, 0.4) is 0 Å². The number of aromatic amines is 1. The number of H-pyrrole nitrogens is 1. The number of carboxylic acid groups (broad SMARTS) is 1. The maximum absolute atomic E-state index is 10.8. The van der Waals surface area contributed by atoms with E-state index in [1.54, 1.807) is 6.07 Å². The Bertz CT molecular complexity index is 481. The summed E-state index contributed by atoms with van der Waals surface area (Å²) in [6, 6.07) is 3.11. The number of benzene rings is 1. The summed E-state index contributed by atoms with van der Waals surface area (Å²) in [5, 5.41) is 18.6. The summed E-state index contributed by atoms with van der Waals surface area (Å²) in [7, 11) is 0. The summed E-state index contributed by atoms with van der Waals surface area (Å²) < 4.78 is 0. The van der Waals surface area contributed by atoms with Crippen LogP contribution in [0.4, 0.5) is 5.69 Å². The number of nitrogens with two attached hydrogens (primary N) is 1. The van der Waals surface area contributed by atoms with Gasteiger partial charge in [0.15, 0.2) is 0 Å². The molecule has 0 fully saturated rings. The zero-order chi connectivity index (χ0) is 9.42. The summed E-state index contributed by atoms with van der Waals surface area (Å²) in [6.45, 7) is 0. The first kappa shape index (κ1) is 10.7. The number of carboxylic acids is 1. The minimum Gasteiger partial charge on any atom is -0.478 e. The molecule has 0 aliphatic heterocycles. The second kappa shape index (κ2) is 3.79. The molecule has 0 spiro atoms. The van der Waals surface area contributed by atoms with Crippen molar-refractivity contribution in [1.29, 1.82) is 0 Å². The Labute approximate surface area is 94.0 Å². The summed E-state index contributed by atoms with van der Waals surface area (Å²) >= 11 is 0. The molecule has 0 aliphatic carbocycles. The average molecular weight is 286 g/mol. The number of nitrogens with one attached hydrogen (secondary N) is 1. The van der Waals surface area contributed by atoms with E-state index in [-0.39, 0.29) is 39.1 Å². The van der Waals surface area contributed by atoms with Gasteiger partial charge in [-0.2, -0.15) is 15.4 Å². The number of anilines is 1. The van der Waals surface area contributed by atoms with Crippen LogP contribution in [-0.4, -0.2) is 26.5 Å². The van der Waals surface area contributed by atoms with E-state index in [1.807, 2.05) is 0 Å². The molecule has 0 atom stereocenters. The standard InChI is InChI=1S/C7H6N4O2.Ag/c8-3-1-2-4-6(10-11-9-4)5(3)7(12)13;/h1-2H,8H2,(H,12,13)(H,9,10,11);/q;+1. The normalized spacial score (nSPS) is 9.71. The van der Waals surface area contributed by atoms with E-state index in [4.69, 9.17) is 10.8 Å². The van der Waals surface area contributed by atoms with Crippen LogP contribution >= 0.6 is 0 Å². The van der Waals surface area contributed by atoms with Crippen LogP contribution in [0.5, 0.6) is 0 Å². The van der Waals surface area contributed by atoms with Crippen LogP contribution < -0.4 is 5.73 Å². The molecule has 0 unspecified atom stereocenters. The van der Waals surface area contributed by atoms with E-state index in [9.17, 15) is 4.79 Å². The van der Waals surface area contributed by atoms with Crippen LogP contribution in [0.25, 0.3) is 11.0 Å². The summed E-state index contributed by atoms with van der Waals surface area (Å²) in [6.07, 6.45) is 0. The number of nitrogen functional groups attached to an aromatic ring is 1. The molecule has 1 aromatic heterocycles. The van der Waals surface area contributed by atoms with Gasteiger partial charge in [-0.1, -0.05) is 0 Å². The van der Waals surface area contributed by atoms with Gasteiger partial charge in [-0.25, -0.2) is 4.79 Å². The number of fused-ring (bicyclic) bond motifs is 1. The predicted molar refractivity (Wildman–Crippen MR) is 45.3 cm³/mol.